The molecule has 0 aromatic heterocycles. The lowest BCUT2D eigenvalue weighted by atomic mass is 10.3. The predicted octanol–water partition coefficient (Wildman–Crippen LogP) is 2.27. The standard InChI is InChI=1S/C12H10N2.H4N2.H2O4S/c1-3-7-11(8-4-1)13-14-12-9-5-2-6-10-12;1-2;1-5(2,3)4/h1-10H;1-2H2;(H2,1,2,3,4). The summed E-state index contributed by atoms with van der Waals surface area (Å²) in [7, 11) is -4.67. The van der Waals surface area contributed by atoms with Crippen molar-refractivity contribution in [3.63, 3.8) is 0 Å². The summed E-state index contributed by atoms with van der Waals surface area (Å²) in [4.78, 5) is 0. The molecule has 2 aromatic rings. The number of nitrogens with two attached hydrogens (primary N) is 2. The summed E-state index contributed by atoms with van der Waals surface area (Å²) in [5.74, 6) is 8.00. The molecule has 0 spiro atoms. The molecule has 0 fully saturated rings. The van der Waals surface area contributed by atoms with Crippen LogP contribution in [0.2, 0.25) is 0 Å². The largest absolute Gasteiger partial charge is 0.394 e. The average molecular weight is 312 g/mol. The predicted molar refractivity (Wildman–Crippen MR) is 79.6 cm³/mol. The Kier molecular flexibility index (Phi) is 9.50. The molecule has 0 radical (unpaired) electrons. The number of hydrogen-bond donors (Lipinski definition) is 4. The zero-order valence-corrected chi connectivity index (χ0v) is 11.8. The average Bonchev–Trinajstić information content (AvgIpc) is 2.48. The number of azo groups is 1. The van der Waals surface area contributed by atoms with Crippen LogP contribution >= 0.6 is 0 Å². The molecular weight excluding hydrogens is 296 g/mol. The van der Waals surface area contributed by atoms with E-state index in [0.717, 1.165) is 11.4 Å². The molecule has 6 N–H and O–H groups in total. The van der Waals surface area contributed by atoms with Gasteiger partial charge < -0.3 is 0 Å². The van der Waals surface area contributed by atoms with Crippen LogP contribution in [0.5, 0.6) is 0 Å². The Labute approximate surface area is 122 Å². The molecule has 2 rings (SSSR count). The van der Waals surface area contributed by atoms with Crippen LogP contribution in [0.1, 0.15) is 0 Å². The molecule has 8 nitrogen and oxygen atoms in total. The molecule has 21 heavy (non-hydrogen) atoms. The molecule has 0 saturated heterocycles. The van der Waals surface area contributed by atoms with Gasteiger partial charge in [-0.1, -0.05) is 36.4 Å². The van der Waals surface area contributed by atoms with Crippen molar-refractivity contribution in [3.8, 4) is 0 Å². The van der Waals surface area contributed by atoms with E-state index in [9.17, 15) is 0 Å². The van der Waals surface area contributed by atoms with Gasteiger partial charge in [0.05, 0.1) is 11.4 Å². The fraction of sp³-hybridized carbons (Fsp3) is 0. The van der Waals surface area contributed by atoms with Crippen LogP contribution in [0.25, 0.3) is 0 Å². The smallest absolute Gasteiger partial charge is 0.274 e. The Hall–Kier alpha value is -2.17. The lowest BCUT2D eigenvalue weighted by molar-refractivity contribution is 0.381. The molecule has 0 saturated carbocycles. The van der Waals surface area contributed by atoms with Crippen molar-refractivity contribution in [2.24, 2.45) is 21.9 Å². The van der Waals surface area contributed by atoms with Gasteiger partial charge in [-0.25, -0.2) is 0 Å². The van der Waals surface area contributed by atoms with E-state index >= 15 is 0 Å². The van der Waals surface area contributed by atoms with E-state index in [2.05, 4.69) is 21.9 Å². The number of hydrogen-bond acceptors (Lipinski definition) is 6. The van der Waals surface area contributed by atoms with Crippen molar-refractivity contribution in [2.45, 2.75) is 0 Å². The zero-order chi connectivity index (χ0) is 16.1. The molecule has 114 valence electrons. The van der Waals surface area contributed by atoms with Gasteiger partial charge in [-0.3, -0.25) is 20.8 Å². The molecule has 9 heteroatoms. The topological polar surface area (TPSA) is 151 Å². The Morgan fingerprint density at radius 3 is 1.19 bits per heavy atom. The van der Waals surface area contributed by atoms with E-state index in [0.29, 0.717) is 0 Å². The number of nitrogens with zero attached hydrogens (tertiary/aromatic N) is 2. The summed E-state index contributed by atoms with van der Waals surface area (Å²) in [6, 6.07) is 19.4. The van der Waals surface area contributed by atoms with E-state index in [4.69, 9.17) is 17.5 Å². The fourth-order valence-electron chi connectivity index (χ4n) is 1.10. The molecule has 0 bridgehead atoms. The molecule has 0 aliphatic heterocycles. The first-order valence-corrected chi connectivity index (χ1v) is 6.90. The monoisotopic (exact) mass is 312 g/mol. The van der Waals surface area contributed by atoms with E-state index in [-0.39, 0.29) is 0 Å². The number of benzene rings is 2. The van der Waals surface area contributed by atoms with Crippen molar-refractivity contribution < 1.29 is 17.5 Å². The van der Waals surface area contributed by atoms with Gasteiger partial charge in [0.1, 0.15) is 0 Å². The highest BCUT2D eigenvalue weighted by Crippen LogP contribution is 2.16. The van der Waals surface area contributed by atoms with Gasteiger partial charge >= 0.3 is 10.4 Å². The molecular formula is C12H16N4O4S. The van der Waals surface area contributed by atoms with Crippen LogP contribution in [0.3, 0.4) is 0 Å². The van der Waals surface area contributed by atoms with Crippen LogP contribution in [-0.4, -0.2) is 17.5 Å². The van der Waals surface area contributed by atoms with Gasteiger partial charge in [-0.2, -0.15) is 18.6 Å². The van der Waals surface area contributed by atoms with Crippen molar-refractivity contribution in [3.05, 3.63) is 60.7 Å². The fourth-order valence-corrected chi connectivity index (χ4v) is 1.10. The first-order valence-electron chi connectivity index (χ1n) is 5.50. The van der Waals surface area contributed by atoms with Crippen LogP contribution in [0.4, 0.5) is 11.4 Å². The van der Waals surface area contributed by atoms with Crippen LogP contribution in [0.15, 0.2) is 70.9 Å². The van der Waals surface area contributed by atoms with Crippen LogP contribution in [0, 0.1) is 0 Å². The SMILES string of the molecule is NN.O=S(=O)(O)O.c1ccc(N=Nc2ccccc2)cc1. The van der Waals surface area contributed by atoms with Crippen LogP contribution in [-0.2, 0) is 10.4 Å². The Bertz CT molecular complexity index is 569. The lowest BCUT2D eigenvalue weighted by Gasteiger charge is -1.91. The molecule has 0 aliphatic carbocycles. The number of hydrazine groups is 1. The normalized spacial score (nSPS) is 10.1. The molecule has 0 atom stereocenters. The van der Waals surface area contributed by atoms with E-state index in [1.54, 1.807) is 0 Å². The van der Waals surface area contributed by atoms with Crippen LogP contribution < -0.4 is 11.7 Å². The third-order valence-corrected chi connectivity index (χ3v) is 1.79. The Morgan fingerprint density at radius 2 is 0.952 bits per heavy atom. The Balaban J connectivity index is 0.000000489. The molecule has 0 unspecified atom stereocenters. The summed E-state index contributed by atoms with van der Waals surface area (Å²) in [6.45, 7) is 0. The molecule has 0 heterocycles. The second kappa shape index (κ2) is 10.6. The third kappa shape index (κ3) is 12.6. The van der Waals surface area contributed by atoms with Gasteiger partial charge in [-0.05, 0) is 24.3 Å². The minimum absolute atomic E-state index is 0.872. The second-order valence-electron chi connectivity index (χ2n) is 3.32. The summed E-state index contributed by atoms with van der Waals surface area (Å²) in [5, 5.41) is 8.20. The zero-order valence-electron chi connectivity index (χ0n) is 10.9. The maximum atomic E-state index is 8.74. The van der Waals surface area contributed by atoms with Crippen molar-refractivity contribution in [1.29, 1.82) is 0 Å². The first-order chi connectivity index (χ1) is 9.95. The van der Waals surface area contributed by atoms with Gasteiger partial charge in [0, 0.05) is 0 Å². The Morgan fingerprint density at radius 1 is 0.714 bits per heavy atom. The summed E-state index contributed by atoms with van der Waals surface area (Å²) < 4.78 is 31.6. The number of rotatable bonds is 2. The van der Waals surface area contributed by atoms with Crippen molar-refractivity contribution in [1.82, 2.24) is 0 Å². The highest BCUT2D eigenvalue weighted by molar-refractivity contribution is 7.79. The molecule has 0 amide bonds. The minimum Gasteiger partial charge on any atom is -0.274 e. The summed E-state index contributed by atoms with van der Waals surface area (Å²) >= 11 is 0. The van der Waals surface area contributed by atoms with E-state index in [1.165, 1.54) is 0 Å². The van der Waals surface area contributed by atoms with Crippen molar-refractivity contribution in [2.75, 3.05) is 0 Å². The summed E-state index contributed by atoms with van der Waals surface area (Å²) in [5.41, 5.74) is 1.74. The molecule has 2 aromatic carbocycles. The van der Waals surface area contributed by atoms with Gasteiger partial charge in [0.2, 0.25) is 0 Å². The quantitative estimate of drug-likeness (QED) is 0.289. The van der Waals surface area contributed by atoms with Gasteiger partial charge in [-0.15, -0.1) is 0 Å². The third-order valence-electron chi connectivity index (χ3n) is 1.79. The lowest BCUT2D eigenvalue weighted by Crippen LogP contribution is -2.02. The van der Waals surface area contributed by atoms with Crippen molar-refractivity contribution >= 4 is 21.8 Å². The first kappa shape index (κ1) is 18.8. The van der Waals surface area contributed by atoms with E-state index < -0.39 is 10.4 Å². The van der Waals surface area contributed by atoms with E-state index in [1.807, 2.05) is 60.7 Å². The molecule has 0 aliphatic rings. The summed E-state index contributed by atoms with van der Waals surface area (Å²) in [6.07, 6.45) is 0. The minimum atomic E-state index is -4.67. The second-order valence-corrected chi connectivity index (χ2v) is 4.21. The van der Waals surface area contributed by atoms with Gasteiger partial charge in [0.25, 0.3) is 0 Å². The highest BCUT2D eigenvalue weighted by Gasteiger charge is 1.86. The van der Waals surface area contributed by atoms with Gasteiger partial charge in [0.15, 0.2) is 0 Å². The maximum Gasteiger partial charge on any atom is 0.394 e. The maximum absolute atomic E-state index is 8.74. The highest BCUT2D eigenvalue weighted by atomic mass is 32.3.